The number of benzene rings is 2. The summed E-state index contributed by atoms with van der Waals surface area (Å²) in [6.07, 6.45) is 0. The molecule has 0 aliphatic heterocycles. The number of carbonyl (C=O) groups is 1. The predicted octanol–water partition coefficient (Wildman–Crippen LogP) is 4.49. The molecule has 0 atom stereocenters. The highest BCUT2D eigenvalue weighted by Gasteiger charge is 2.14. The summed E-state index contributed by atoms with van der Waals surface area (Å²) in [5.74, 6) is -0.662. The van der Waals surface area contributed by atoms with Crippen LogP contribution in [-0.4, -0.2) is 11.1 Å². The Morgan fingerprint density at radius 1 is 1.11 bits per heavy atom. The second-order valence-electron chi connectivity index (χ2n) is 3.84. The van der Waals surface area contributed by atoms with Crippen LogP contribution in [-0.2, 0) is 6.61 Å². The van der Waals surface area contributed by atoms with Crippen molar-refractivity contribution >= 4 is 37.8 Å². The van der Waals surface area contributed by atoms with Gasteiger partial charge in [0.25, 0.3) is 0 Å². The average Bonchev–Trinajstić information content (AvgIpc) is 2.39. The lowest BCUT2D eigenvalue weighted by atomic mass is 10.2. The Labute approximate surface area is 127 Å². The van der Waals surface area contributed by atoms with Gasteiger partial charge in [-0.05, 0) is 45.8 Å². The standard InChI is InChI=1S/C14H10Br2O3/c15-10-6-4-9(5-7-10)8-19-13-11(14(17)18)2-1-3-12(13)16/h1-7H,8H2,(H,17,18). The first-order valence-corrected chi connectivity index (χ1v) is 7.05. The normalized spacial score (nSPS) is 10.2. The fraction of sp³-hybridized carbons (Fsp3) is 0.0714. The van der Waals surface area contributed by atoms with Crippen molar-refractivity contribution in [3.8, 4) is 5.75 Å². The van der Waals surface area contributed by atoms with Gasteiger partial charge in [-0.3, -0.25) is 0 Å². The maximum atomic E-state index is 11.1. The molecule has 2 aromatic carbocycles. The van der Waals surface area contributed by atoms with E-state index in [2.05, 4.69) is 31.9 Å². The molecule has 0 aromatic heterocycles. The van der Waals surface area contributed by atoms with E-state index in [-0.39, 0.29) is 5.56 Å². The van der Waals surface area contributed by atoms with Crippen molar-refractivity contribution in [3.05, 3.63) is 62.5 Å². The summed E-state index contributed by atoms with van der Waals surface area (Å²) in [5, 5.41) is 9.12. The molecule has 2 aromatic rings. The highest BCUT2D eigenvalue weighted by Crippen LogP contribution is 2.30. The quantitative estimate of drug-likeness (QED) is 0.843. The summed E-state index contributed by atoms with van der Waals surface area (Å²) < 4.78 is 7.23. The van der Waals surface area contributed by atoms with Crippen LogP contribution in [0.3, 0.4) is 0 Å². The lowest BCUT2D eigenvalue weighted by molar-refractivity contribution is 0.0691. The molecule has 0 amide bonds. The molecule has 5 heteroatoms. The van der Waals surface area contributed by atoms with Crippen LogP contribution in [0.2, 0.25) is 0 Å². The zero-order valence-electron chi connectivity index (χ0n) is 9.77. The summed E-state index contributed by atoms with van der Waals surface area (Å²) in [6.45, 7) is 0.316. The Balaban J connectivity index is 2.19. The molecule has 0 aliphatic rings. The van der Waals surface area contributed by atoms with Gasteiger partial charge in [-0.2, -0.15) is 0 Å². The van der Waals surface area contributed by atoms with Crippen LogP contribution < -0.4 is 4.74 Å². The number of hydrogen-bond acceptors (Lipinski definition) is 2. The number of aromatic carboxylic acids is 1. The molecular weight excluding hydrogens is 376 g/mol. The number of ether oxygens (including phenoxy) is 1. The van der Waals surface area contributed by atoms with E-state index in [0.29, 0.717) is 16.8 Å². The van der Waals surface area contributed by atoms with Gasteiger partial charge in [0.05, 0.1) is 4.47 Å². The molecule has 19 heavy (non-hydrogen) atoms. The molecule has 0 unspecified atom stereocenters. The van der Waals surface area contributed by atoms with Crippen LogP contribution in [0.4, 0.5) is 0 Å². The number of rotatable bonds is 4. The van der Waals surface area contributed by atoms with Crippen LogP contribution >= 0.6 is 31.9 Å². The summed E-state index contributed by atoms with van der Waals surface area (Å²) in [4.78, 5) is 11.1. The van der Waals surface area contributed by atoms with Crippen LogP contribution in [0.1, 0.15) is 15.9 Å². The van der Waals surface area contributed by atoms with Crippen molar-refractivity contribution in [1.29, 1.82) is 0 Å². The monoisotopic (exact) mass is 384 g/mol. The molecule has 1 N–H and O–H groups in total. The van der Waals surface area contributed by atoms with Crippen LogP contribution in [0.25, 0.3) is 0 Å². The Morgan fingerprint density at radius 2 is 1.79 bits per heavy atom. The molecule has 0 fully saturated rings. The van der Waals surface area contributed by atoms with E-state index >= 15 is 0 Å². The van der Waals surface area contributed by atoms with Crippen LogP contribution in [0.15, 0.2) is 51.4 Å². The Morgan fingerprint density at radius 3 is 2.42 bits per heavy atom. The Bertz CT molecular complexity index is 594. The Hall–Kier alpha value is -1.33. The van der Waals surface area contributed by atoms with Gasteiger partial charge in [-0.25, -0.2) is 4.79 Å². The van der Waals surface area contributed by atoms with E-state index in [9.17, 15) is 4.79 Å². The first-order chi connectivity index (χ1) is 9.08. The van der Waals surface area contributed by atoms with Crippen molar-refractivity contribution in [1.82, 2.24) is 0 Å². The van der Waals surface area contributed by atoms with E-state index in [1.807, 2.05) is 24.3 Å². The number of hydrogen-bond donors (Lipinski definition) is 1. The minimum atomic E-state index is -1.01. The van der Waals surface area contributed by atoms with Crippen molar-refractivity contribution < 1.29 is 14.6 Å². The smallest absolute Gasteiger partial charge is 0.339 e. The molecule has 0 bridgehead atoms. The van der Waals surface area contributed by atoms with Crippen LogP contribution in [0, 0.1) is 0 Å². The highest BCUT2D eigenvalue weighted by atomic mass is 79.9. The van der Waals surface area contributed by atoms with Gasteiger partial charge in [0.15, 0.2) is 0 Å². The second-order valence-corrected chi connectivity index (χ2v) is 5.61. The highest BCUT2D eigenvalue weighted by molar-refractivity contribution is 9.10. The SMILES string of the molecule is O=C(O)c1cccc(Br)c1OCc1ccc(Br)cc1. The number of carboxylic acid groups (broad SMARTS) is 1. The lowest BCUT2D eigenvalue weighted by Gasteiger charge is -2.11. The van der Waals surface area contributed by atoms with E-state index in [1.165, 1.54) is 6.07 Å². The topological polar surface area (TPSA) is 46.5 Å². The molecule has 0 heterocycles. The third kappa shape index (κ3) is 3.58. The van der Waals surface area contributed by atoms with Gasteiger partial charge in [0.1, 0.15) is 17.9 Å². The average molecular weight is 386 g/mol. The molecule has 0 saturated carbocycles. The minimum Gasteiger partial charge on any atom is -0.487 e. The zero-order chi connectivity index (χ0) is 13.8. The van der Waals surface area contributed by atoms with Crippen molar-refractivity contribution in [3.63, 3.8) is 0 Å². The molecule has 0 saturated heterocycles. The van der Waals surface area contributed by atoms with Crippen molar-refractivity contribution in [2.24, 2.45) is 0 Å². The second kappa shape index (κ2) is 6.21. The van der Waals surface area contributed by atoms with Gasteiger partial charge in [-0.1, -0.05) is 34.1 Å². The minimum absolute atomic E-state index is 0.145. The summed E-state index contributed by atoms with van der Waals surface area (Å²) >= 11 is 6.66. The maximum absolute atomic E-state index is 11.1. The van der Waals surface area contributed by atoms with Crippen molar-refractivity contribution in [2.45, 2.75) is 6.61 Å². The summed E-state index contributed by atoms with van der Waals surface area (Å²) in [6, 6.07) is 12.6. The molecule has 3 nitrogen and oxygen atoms in total. The Kier molecular flexibility index (Phi) is 4.61. The van der Waals surface area contributed by atoms with Gasteiger partial charge >= 0.3 is 5.97 Å². The molecule has 0 spiro atoms. The predicted molar refractivity (Wildman–Crippen MR) is 79.6 cm³/mol. The largest absolute Gasteiger partial charge is 0.487 e. The van der Waals surface area contributed by atoms with E-state index in [0.717, 1.165) is 10.0 Å². The number of halogens is 2. The van der Waals surface area contributed by atoms with Gasteiger partial charge in [0.2, 0.25) is 0 Å². The summed E-state index contributed by atoms with van der Waals surface area (Å²) in [7, 11) is 0. The molecule has 0 radical (unpaired) electrons. The number of para-hydroxylation sites is 1. The first kappa shape index (κ1) is 14.1. The third-order valence-corrected chi connectivity index (χ3v) is 3.65. The molecule has 0 aliphatic carbocycles. The van der Waals surface area contributed by atoms with Crippen molar-refractivity contribution in [2.75, 3.05) is 0 Å². The fourth-order valence-electron chi connectivity index (χ4n) is 1.56. The molecular formula is C14H10Br2O3. The lowest BCUT2D eigenvalue weighted by Crippen LogP contribution is -2.04. The van der Waals surface area contributed by atoms with Gasteiger partial charge < -0.3 is 9.84 Å². The third-order valence-electron chi connectivity index (χ3n) is 2.49. The van der Waals surface area contributed by atoms with Gasteiger partial charge in [0, 0.05) is 4.47 Å². The van der Waals surface area contributed by atoms with E-state index in [1.54, 1.807) is 12.1 Å². The number of carboxylic acids is 1. The summed E-state index contributed by atoms with van der Waals surface area (Å²) in [5.41, 5.74) is 1.11. The maximum Gasteiger partial charge on any atom is 0.339 e. The van der Waals surface area contributed by atoms with Crippen LogP contribution in [0.5, 0.6) is 5.75 Å². The molecule has 98 valence electrons. The zero-order valence-corrected chi connectivity index (χ0v) is 12.9. The van der Waals surface area contributed by atoms with E-state index < -0.39 is 5.97 Å². The van der Waals surface area contributed by atoms with E-state index in [4.69, 9.17) is 9.84 Å². The fourth-order valence-corrected chi connectivity index (χ4v) is 2.31. The molecule has 2 rings (SSSR count). The van der Waals surface area contributed by atoms with Gasteiger partial charge in [-0.15, -0.1) is 0 Å². The first-order valence-electron chi connectivity index (χ1n) is 5.47.